The third-order valence-corrected chi connectivity index (χ3v) is 2.53. The fourth-order valence-corrected chi connectivity index (χ4v) is 1.67. The molecule has 0 heterocycles. The van der Waals surface area contributed by atoms with Gasteiger partial charge in [-0.15, -0.1) is 0 Å². The zero-order valence-corrected chi connectivity index (χ0v) is 9.45. The van der Waals surface area contributed by atoms with Crippen molar-refractivity contribution >= 4 is 16.7 Å². The molecular weight excluding hydrogens is 186 g/mol. The van der Waals surface area contributed by atoms with E-state index in [1.807, 2.05) is 13.8 Å². The van der Waals surface area contributed by atoms with Gasteiger partial charge in [0.2, 0.25) is 5.91 Å². The predicted octanol–water partition coefficient (Wildman–Crippen LogP) is 1.06. The van der Waals surface area contributed by atoms with Crippen molar-refractivity contribution in [3.05, 3.63) is 0 Å². The monoisotopic (exact) mass is 205 g/mol. The summed E-state index contributed by atoms with van der Waals surface area (Å²) in [6, 6.07) is 0.142. The lowest BCUT2D eigenvalue weighted by Gasteiger charge is -2.12. The highest BCUT2D eigenvalue weighted by atomic mass is 32.2. The highest BCUT2D eigenvalue weighted by Gasteiger charge is 2.06. The first-order valence-electron chi connectivity index (χ1n) is 4.65. The summed E-state index contributed by atoms with van der Waals surface area (Å²) >= 11 is 0. The van der Waals surface area contributed by atoms with E-state index in [1.54, 1.807) is 6.26 Å². The average Bonchev–Trinajstić information content (AvgIpc) is 2.01. The molecule has 0 aromatic carbocycles. The molecule has 0 bridgehead atoms. The lowest BCUT2D eigenvalue weighted by molar-refractivity contribution is -0.121. The van der Waals surface area contributed by atoms with Gasteiger partial charge in [0.1, 0.15) is 0 Å². The molecular formula is C9H19NO2S. The van der Waals surface area contributed by atoms with Crippen molar-refractivity contribution < 1.29 is 9.00 Å². The second-order valence-corrected chi connectivity index (χ2v) is 4.84. The van der Waals surface area contributed by atoms with Crippen LogP contribution in [0.4, 0.5) is 0 Å². The number of carbonyl (C=O) groups is 1. The van der Waals surface area contributed by atoms with Crippen LogP contribution in [0.25, 0.3) is 0 Å². The molecule has 4 heteroatoms. The van der Waals surface area contributed by atoms with E-state index in [0.29, 0.717) is 12.2 Å². The Hall–Kier alpha value is -0.380. The Labute approximate surface area is 82.7 Å². The van der Waals surface area contributed by atoms with Crippen molar-refractivity contribution in [2.24, 2.45) is 0 Å². The van der Waals surface area contributed by atoms with E-state index in [-0.39, 0.29) is 11.9 Å². The summed E-state index contributed by atoms with van der Waals surface area (Å²) in [6.07, 6.45) is 3.93. The molecule has 3 nitrogen and oxygen atoms in total. The molecule has 0 radical (unpaired) electrons. The highest BCUT2D eigenvalue weighted by Crippen LogP contribution is 1.94. The van der Waals surface area contributed by atoms with Gasteiger partial charge in [0.15, 0.2) is 0 Å². The van der Waals surface area contributed by atoms with E-state index in [1.165, 1.54) is 0 Å². The molecule has 0 aromatic rings. The summed E-state index contributed by atoms with van der Waals surface area (Å²) < 4.78 is 10.8. The minimum absolute atomic E-state index is 0.0943. The molecule has 1 amide bonds. The Morgan fingerprint density at radius 3 is 2.62 bits per heavy atom. The van der Waals surface area contributed by atoms with E-state index in [0.717, 1.165) is 12.8 Å². The van der Waals surface area contributed by atoms with Crippen LogP contribution in [0.3, 0.4) is 0 Å². The van der Waals surface area contributed by atoms with Gasteiger partial charge in [-0.1, -0.05) is 6.92 Å². The zero-order chi connectivity index (χ0) is 10.3. The molecule has 78 valence electrons. The summed E-state index contributed by atoms with van der Waals surface area (Å²) in [7, 11) is -0.756. The predicted molar refractivity (Wildman–Crippen MR) is 56.1 cm³/mol. The summed E-state index contributed by atoms with van der Waals surface area (Å²) in [6.45, 7) is 3.92. The molecule has 0 aromatic heterocycles. The van der Waals surface area contributed by atoms with Crippen LogP contribution in [-0.4, -0.2) is 28.2 Å². The Kier molecular flexibility index (Phi) is 6.86. The first-order chi connectivity index (χ1) is 6.06. The molecule has 0 saturated heterocycles. The van der Waals surface area contributed by atoms with Gasteiger partial charge in [-0.25, -0.2) is 0 Å². The Morgan fingerprint density at radius 2 is 2.15 bits per heavy atom. The van der Waals surface area contributed by atoms with Crippen molar-refractivity contribution in [3.63, 3.8) is 0 Å². The van der Waals surface area contributed by atoms with Crippen molar-refractivity contribution in [1.82, 2.24) is 5.32 Å². The van der Waals surface area contributed by atoms with Crippen LogP contribution in [0.2, 0.25) is 0 Å². The second-order valence-electron chi connectivity index (χ2n) is 3.28. The average molecular weight is 205 g/mol. The minimum Gasteiger partial charge on any atom is -0.354 e. The summed E-state index contributed by atoms with van der Waals surface area (Å²) in [5, 5.41) is 2.86. The van der Waals surface area contributed by atoms with Crippen LogP contribution < -0.4 is 5.32 Å². The molecule has 0 aliphatic rings. The van der Waals surface area contributed by atoms with Crippen LogP contribution >= 0.6 is 0 Å². The first-order valence-corrected chi connectivity index (χ1v) is 6.38. The van der Waals surface area contributed by atoms with E-state index in [9.17, 15) is 9.00 Å². The third-order valence-electron chi connectivity index (χ3n) is 1.72. The smallest absolute Gasteiger partial charge is 0.220 e. The number of hydrogen-bond acceptors (Lipinski definition) is 2. The largest absolute Gasteiger partial charge is 0.354 e. The van der Waals surface area contributed by atoms with Crippen LogP contribution in [-0.2, 0) is 15.6 Å². The van der Waals surface area contributed by atoms with Gasteiger partial charge < -0.3 is 5.32 Å². The van der Waals surface area contributed by atoms with Gasteiger partial charge in [-0.05, 0) is 19.8 Å². The molecule has 0 fully saturated rings. The lowest BCUT2D eigenvalue weighted by atomic mass is 10.2. The van der Waals surface area contributed by atoms with E-state index in [2.05, 4.69) is 5.32 Å². The Bertz CT molecular complexity index is 182. The Morgan fingerprint density at radius 1 is 1.54 bits per heavy atom. The molecule has 0 rings (SSSR count). The third kappa shape index (κ3) is 7.96. The zero-order valence-electron chi connectivity index (χ0n) is 8.63. The maximum absolute atomic E-state index is 11.1. The van der Waals surface area contributed by atoms with Crippen molar-refractivity contribution in [3.8, 4) is 0 Å². The fraction of sp³-hybridized carbons (Fsp3) is 0.889. The molecule has 2 unspecified atom stereocenters. The van der Waals surface area contributed by atoms with Crippen LogP contribution in [0, 0.1) is 0 Å². The molecule has 13 heavy (non-hydrogen) atoms. The highest BCUT2D eigenvalue weighted by molar-refractivity contribution is 7.84. The number of carbonyl (C=O) groups excluding carboxylic acids is 1. The number of nitrogens with one attached hydrogen (secondary N) is 1. The van der Waals surface area contributed by atoms with E-state index in [4.69, 9.17) is 0 Å². The standard InChI is InChI=1S/C9H19NO2S/c1-4-5-9(11)10-8(2)6-7-13(3)12/h8H,4-7H2,1-3H3,(H,10,11). The number of hydrogen-bond donors (Lipinski definition) is 1. The van der Waals surface area contributed by atoms with Gasteiger partial charge in [0.05, 0.1) is 0 Å². The van der Waals surface area contributed by atoms with Gasteiger partial charge in [0.25, 0.3) is 0 Å². The van der Waals surface area contributed by atoms with Gasteiger partial charge in [0, 0.05) is 35.3 Å². The second kappa shape index (κ2) is 7.06. The topological polar surface area (TPSA) is 46.2 Å². The molecule has 0 aliphatic heterocycles. The van der Waals surface area contributed by atoms with Crippen molar-refractivity contribution in [2.75, 3.05) is 12.0 Å². The summed E-state index contributed by atoms with van der Waals surface area (Å²) in [4.78, 5) is 11.1. The molecule has 0 aliphatic carbocycles. The molecule has 0 saturated carbocycles. The number of amides is 1. The van der Waals surface area contributed by atoms with E-state index >= 15 is 0 Å². The van der Waals surface area contributed by atoms with Gasteiger partial charge in [-0.3, -0.25) is 9.00 Å². The first kappa shape index (κ1) is 12.6. The maximum atomic E-state index is 11.1. The molecule has 2 atom stereocenters. The summed E-state index contributed by atoms with van der Waals surface area (Å²) in [5.74, 6) is 0.755. The maximum Gasteiger partial charge on any atom is 0.220 e. The minimum atomic E-state index is -0.756. The van der Waals surface area contributed by atoms with E-state index < -0.39 is 10.8 Å². The van der Waals surface area contributed by atoms with Crippen molar-refractivity contribution in [1.29, 1.82) is 0 Å². The van der Waals surface area contributed by atoms with Crippen LogP contribution in [0.1, 0.15) is 33.1 Å². The SMILES string of the molecule is CCCC(=O)NC(C)CCS(C)=O. The van der Waals surface area contributed by atoms with Gasteiger partial charge in [-0.2, -0.15) is 0 Å². The number of rotatable bonds is 6. The van der Waals surface area contributed by atoms with Crippen molar-refractivity contribution in [2.45, 2.75) is 39.2 Å². The quantitative estimate of drug-likeness (QED) is 0.705. The van der Waals surface area contributed by atoms with Crippen LogP contribution in [0.5, 0.6) is 0 Å². The lowest BCUT2D eigenvalue weighted by Crippen LogP contribution is -2.33. The molecule has 0 spiro atoms. The fourth-order valence-electron chi connectivity index (χ4n) is 0.989. The summed E-state index contributed by atoms with van der Waals surface area (Å²) in [5.41, 5.74) is 0. The Balaban J connectivity index is 3.55. The van der Waals surface area contributed by atoms with Crippen LogP contribution in [0.15, 0.2) is 0 Å². The normalized spacial score (nSPS) is 15.0. The van der Waals surface area contributed by atoms with Gasteiger partial charge >= 0.3 is 0 Å². The molecule has 1 N–H and O–H groups in total.